The molecule has 1 aromatic carbocycles. The van der Waals surface area contributed by atoms with Crippen LogP contribution in [0.3, 0.4) is 0 Å². The van der Waals surface area contributed by atoms with Gasteiger partial charge in [0.25, 0.3) is 0 Å². The van der Waals surface area contributed by atoms with E-state index in [0.717, 1.165) is 16.9 Å². The molecule has 2 nitrogen and oxygen atoms in total. The van der Waals surface area contributed by atoms with Crippen molar-refractivity contribution in [3.05, 3.63) is 28.2 Å². The Morgan fingerprint density at radius 3 is 2.58 bits per heavy atom. The van der Waals surface area contributed by atoms with Crippen molar-refractivity contribution in [3.63, 3.8) is 0 Å². The van der Waals surface area contributed by atoms with Crippen molar-refractivity contribution in [2.75, 3.05) is 0 Å². The van der Waals surface area contributed by atoms with Crippen LogP contribution in [0.5, 0.6) is 5.75 Å². The van der Waals surface area contributed by atoms with Gasteiger partial charge in [-0.2, -0.15) is 0 Å². The van der Waals surface area contributed by atoms with Crippen molar-refractivity contribution < 1.29 is 5.11 Å². The summed E-state index contributed by atoms with van der Waals surface area (Å²) < 4.78 is 0.772. The van der Waals surface area contributed by atoms with Crippen LogP contribution in [0.15, 0.2) is 22.7 Å². The summed E-state index contributed by atoms with van der Waals surface area (Å²) in [7, 11) is 0. The molecule has 1 saturated carbocycles. The minimum Gasteiger partial charge on any atom is -0.507 e. The molecule has 0 unspecified atom stereocenters. The Bertz CT molecular complexity index is 400. The average Bonchev–Trinajstić information content (AvgIpc) is 2.69. The highest BCUT2D eigenvalue weighted by atomic mass is 79.9. The molecule has 1 aliphatic carbocycles. The highest BCUT2D eigenvalue weighted by molar-refractivity contribution is 9.10. The van der Waals surface area contributed by atoms with E-state index in [1.165, 1.54) is 44.1 Å². The summed E-state index contributed by atoms with van der Waals surface area (Å²) in [4.78, 5) is 0. The largest absolute Gasteiger partial charge is 0.507 e. The minimum atomic E-state index is 0.306. The average molecular weight is 326 g/mol. The van der Waals surface area contributed by atoms with E-state index >= 15 is 0 Å². The second-order valence-electron chi connectivity index (χ2n) is 5.71. The molecule has 0 radical (unpaired) electrons. The first-order valence-corrected chi connectivity index (χ1v) is 8.17. The van der Waals surface area contributed by atoms with Gasteiger partial charge in [0.15, 0.2) is 0 Å². The van der Waals surface area contributed by atoms with Crippen LogP contribution in [0.1, 0.15) is 51.0 Å². The summed E-state index contributed by atoms with van der Waals surface area (Å²) in [5.74, 6) is 1.13. The van der Waals surface area contributed by atoms with Gasteiger partial charge >= 0.3 is 0 Å². The maximum absolute atomic E-state index is 9.49. The van der Waals surface area contributed by atoms with Crippen LogP contribution in [0, 0.1) is 5.92 Å². The van der Waals surface area contributed by atoms with Crippen LogP contribution in [0.25, 0.3) is 0 Å². The van der Waals surface area contributed by atoms with Crippen LogP contribution < -0.4 is 5.32 Å². The molecular weight excluding hydrogens is 302 g/mol. The van der Waals surface area contributed by atoms with E-state index in [2.05, 4.69) is 28.2 Å². The van der Waals surface area contributed by atoms with Crippen LogP contribution in [-0.2, 0) is 6.54 Å². The molecule has 0 spiro atoms. The fraction of sp³-hybridized carbons (Fsp3) is 0.625. The first kappa shape index (κ1) is 14.9. The van der Waals surface area contributed by atoms with Gasteiger partial charge < -0.3 is 10.4 Å². The van der Waals surface area contributed by atoms with E-state index in [1.54, 1.807) is 6.07 Å². The Hall–Kier alpha value is -0.540. The first-order valence-electron chi connectivity index (χ1n) is 7.37. The van der Waals surface area contributed by atoms with Crippen molar-refractivity contribution in [1.29, 1.82) is 0 Å². The van der Waals surface area contributed by atoms with Gasteiger partial charge in [-0.25, -0.2) is 0 Å². The van der Waals surface area contributed by atoms with E-state index in [-0.39, 0.29) is 0 Å². The van der Waals surface area contributed by atoms with Crippen LogP contribution >= 0.6 is 15.9 Å². The second-order valence-corrected chi connectivity index (χ2v) is 6.56. The highest BCUT2D eigenvalue weighted by Crippen LogP contribution is 2.26. The van der Waals surface area contributed by atoms with Gasteiger partial charge in [-0.3, -0.25) is 0 Å². The summed E-state index contributed by atoms with van der Waals surface area (Å²) >= 11 is 3.36. The molecule has 19 heavy (non-hydrogen) atoms. The van der Waals surface area contributed by atoms with E-state index in [1.807, 2.05) is 12.1 Å². The number of phenolic OH excluding ortho intramolecular Hbond substituents is 1. The quantitative estimate of drug-likeness (QED) is 0.793. The molecule has 0 bridgehead atoms. The Balaban J connectivity index is 1.84. The van der Waals surface area contributed by atoms with E-state index in [4.69, 9.17) is 0 Å². The van der Waals surface area contributed by atoms with E-state index in [0.29, 0.717) is 11.8 Å². The molecule has 2 rings (SSSR count). The summed E-state index contributed by atoms with van der Waals surface area (Å²) in [5.41, 5.74) is 1.21. The lowest BCUT2D eigenvalue weighted by Crippen LogP contribution is -2.32. The lowest BCUT2D eigenvalue weighted by atomic mass is 9.93. The second kappa shape index (κ2) is 7.30. The number of hydrogen-bond acceptors (Lipinski definition) is 2. The van der Waals surface area contributed by atoms with E-state index in [9.17, 15) is 5.11 Å². The predicted octanol–water partition coefficient (Wildman–Crippen LogP) is 4.60. The third kappa shape index (κ3) is 4.50. The summed E-state index contributed by atoms with van der Waals surface area (Å²) in [6, 6.07) is 6.29. The third-order valence-electron chi connectivity index (χ3n) is 4.25. The summed E-state index contributed by atoms with van der Waals surface area (Å²) in [6.07, 6.45) is 8.34. The van der Waals surface area contributed by atoms with Gasteiger partial charge in [-0.1, -0.05) is 31.7 Å². The number of aromatic hydroxyl groups is 1. The molecule has 0 saturated heterocycles. The molecular formula is C16H24BrNO. The predicted molar refractivity (Wildman–Crippen MR) is 83.3 cm³/mol. The van der Waals surface area contributed by atoms with Gasteiger partial charge in [-0.15, -0.1) is 0 Å². The number of hydrogen-bond donors (Lipinski definition) is 2. The summed E-state index contributed by atoms with van der Waals surface area (Å²) in [5, 5.41) is 13.1. The van der Waals surface area contributed by atoms with Crippen molar-refractivity contribution in [2.45, 2.75) is 58.0 Å². The lowest BCUT2D eigenvalue weighted by molar-refractivity contribution is 0.336. The van der Waals surface area contributed by atoms with Crippen molar-refractivity contribution in [3.8, 4) is 5.75 Å². The molecule has 3 heteroatoms. The number of nitrogens with one attached hydrogen (secondary N) is 1. The monoisotopic (exact) mass is 325 g/mol. The Morgan fingerprint density at radius 1 is 1.26 bits per heavy atom. The lowest BCUT2D eigenvalue weighted by Gasteiger charge is -2.23. The van der Waals surface area contributed by atoms with Crippen LogP contribution in [0.4, 0.5) is 0 Å². The zero-order valence-electron chi connectivity index (χ0n) is 11.7. The number of rotatable bonds is 4. The molecule has 2 N–H and O–H groups in total. The Labute approximate surface area is 124 Å². The number of benzene rings is 1. The van der Waals surface area contributed by atoms with Crippen LogP contribution in [0.2, 0.25) is 0 Å². The summed E-state index contributed by atoms with van der Waals surface area (Å²) in [6.45, 7) is 3.18. The molecule has 0 amide bonds. The van der Waals surface area contributed by atoms with Crippen molar-refractivity contribution >= 4 is 15.9 Å². The van der Waals surface area contributed by atoms with Gasteiger partial charge in [0, 0.05) is 12.6 Å². The van der Waals surface area contributed by atoms with Crippen molar-refractivity contribution in [2.24, 2.45) is 5.92 Å². The topological polar surface area (TPSA) is 32.3 Å². The molecule has 1 atom stereocenters. The number of halogens is 1. The first-order chi connectivity index (χ1) is 9.16. The molecule has 0 heterocycles. The molecule has 0 aromatic heterocycles. The molecule has 1 aliphatic rings. The SMILES string of the molecule is C[C@@H](NCc1ccc(O)c(Br)c1)C1CCCCCC1. The highest BCUT2D eigenvalue weighted by Gasteiger charge is 2.18. The Morgan fingerprint density at radius 2 is 1.95 bits per heavy atom. The maximum atomic E-state index is 9.49. The van der Waals surface area contributed by atoms with Gasteiger partial charge in [0.1, 0.15) is 5.75 Å². The van der Waals surface area contributed by atoms with Crippen LogP contribution in [-0.4, -0.2) is 11.1 Å². The molecule has 106 valence electrons. The number of phenols is 1. The molecule has 1 aromatic rings. The van der Waals surface area contributed by atoms with Gasteiger partial charge in [-0.05, 0) is 59.3 Å². The fourth-order valence-corrected chi connectivity index (χ4v) is 3.34. The van der Waals surface area contributed by atoms with Crippen molar-refractivity contribution in [1.82, 2.24) is 5.32 Å². The third-order valence-corrected chi connectivity index (χ3v) is 4.88. The standard InChI is InChI=1S/C16H24BrNO/c1-12(14-6-4-2-3-5-7-14)18-11-13-8-9-16(19)15(17)10-13/h8-10,12,14,18-19H,2-7,11H2,1H3/t12-/m1/s1. The Kier molecular flexibility index (Phi) is 5.71. The normalized spacial score (nSPS) is 19.1. The van der Waals surface area contributed by atoms with E-state index < -0.39 is 0 Å². The van der Waals surface area contributed by atoms with Gasteiger partial charge in [0.2, 0.25) is 0 Å². The van der Waals surface area contributed by atoms with Gasteiger partial charge in [0.05, 0.1) is 4.47 Å². The molecule has 0 aliphatic heterocycles. The zero-order chi connectivity index (χ0) is 13.7. The zero-order valence-corrected chi connectivity index (χ0v) is 13.2. The smallest absolute Gasteiger partial charge is 0.129 e. The minimum absolute atomic E-state index is 0.306. The fourth-order valence-electron chi connectivity index (χ4n) is 2.92. The maximum Gasteiger partial charge on any atom is 0.129 e. The molecule has 1 fully saturated rings.